The van der Waals surface area contributed by atoms with Gasteiger partial charge in [0.2, 0.25) is 0 Å². The van der Waals surface area contributed by atoms with Gasteiger partial charge in [-0.1, -0.05) is 30.3 Å². The van der Waals surface area contributed by atoms with Crippen molar-refractivity contribution < 1.29 is 24.2 Å². The molecular weight excluding hydrogens is 286 g/mol. The van der Waals surface area contributed by atoms with Crippen LogP contribution in [0.2, 0.25) is 0 Å². The van der Waals surface area contributed by atoms with Crippen molar-refractivity contribution >= 4 is 12.1 Å². The molecule has 0 aliphatic carbocycles. The van der Waals surface area contributed by atoms with Gasteiger partial charge in [-0.3, -0.25) is 0 Å². The number of aliphatic hydroxyl groups is 1. The summed E-state index contributed by atoms with van der Waals surface area (Å²) < 4.78 is 10.2. The smallest absolute Gasteiger partial charge is 0.408 e. The molecular formula is C16H23NO5. The molecule has 122 valence electrons. The van der Waals surface area contributed by atoms with E-state index in [0.717, 1.165) is 5.56 Å². The Morgan fingerprint density at radius 2 is 1.86 bits per heavy atom. The number of rotatable bonds is 6. The molecule has 0 aromatic heterocycles. The van der Waals surface area contributed by atoms with Gasteiger partial charge in [-0.05, 0) is 26.3 Å². The van der Waals surface area contributed by atoms with Gasteiger partial charge in [-0.25, -0.2) is 9.59 Å². The number of carbonyl (C=O) groups is 2. The van der Waals surface area contributed by atoms with E-state index in [0.29, 0.717) is 0 Å². The summed E-state index contributed by atoms with van der Waals surface area (Å²) >= 11 is 0. The molecule has 0 saturated carbocycles. The van der Waals surface area contributed by atoms with Crippen LogP contribution in [0.4, 0.5) is 4.79 Å². The second-order valence-corrected chi connectivity index (χ2v) is 5.80. The molecule has 6 nitrogen and oxygen atoms in total. The van der Waals surface area contributed by atoms with Gasteiger partial charge in [0.1, 0.15) is 18.2 Å². The maximum absolute atomic E-state index is 12.0. The molecule has 0 spiro atoms. The normalized spacial score (nSPS) is 12.4. The van der Waals surface area contributed by atoms with E-state index >= 15 is 0 Å². The van der Waals surface area contributed by atoms with E-state index in [1.807, 2.05) is 30.3 Å². The molecule has 22 heavy (non-hydrogen) atoms. The third kappa shape index (κ3) is 7.08. The Hall–Kier alpha value is -2.08. The first-order valence-electron chi connectivity index (χ1n) is 7.13. The third-order valence-corrected chi connectivity index (χ3v) is 2.61. The summed E-state index contributed by atoms with van der Waals surface area (Å²) in [4.78, 5) is 23.7. The largest absolute Gasteiger partial charge is 0.458 e. The number of aliphatic hydroxyl groups excluding tert-OH is 1. The predicted octanol–water partition coefficient (Wildman–Crippen LogP) is 2.01. The van der Waals surface area contributed by atoms with Gasteiger partial charge in [0, 0.05) is 13.0 Å². The van der Waals surface area contributed by atoms with Crippen molar-refractivity contribution in [1.29, 1.82) is 0 Å². The maximum atomic E-state index is 12.0. The van der Waals surface area contributed by atoms with Gasteiger partial charge >= 0.3 is 12.1 Å². The van der Waals surface area contributed by atoms with Gasteiger partial charge in [0.25, 0.3) is 0 Å². The zero-order valence-electron chi connectivity index (χ0n) is 13.2. The quantitative estimate of drug-likeness (QED) is 0.785. The SMILES string of the molecule is CC(C)(C)OC(=O)[C@H](CCO)NC(=O)OCc1ccccc1. The summed E-state index contributed by atoms with van der Waals surface area (Å²) in [6.07, 6.45) is -0.664. The van der Waals surface area contributed by atoms with E-state index in [1.54, 1.807) is 20.8 Å². The summed E-state index contributed by atoms with van der Waals surface area (Å²) in [6.45, 7) is 5.05. The first-order chi connectivity index (χ1) is 10.3. The van der Waals surface area contributed by atoms with Crippen LogP contribution in [0, 0.1) is 0 Å². The zero-order valence-corrected chi connectivity index (χ0v) is 13.2. The summed E-state index contributed by atoms with van der Waals surface area (Å²) in [7, 11) is 0. The topological polar surface area (TPSA) is 84.9 Å². The van der Waals surface area contributed by atoms with Crippen LogP contribution in [0.25, 0.3) is 0 Å². The van der Waals surface area contributed by atoms with Gasteiger partial charge < -0.3 is 19.9 Å². The third-order valence-electron chi connectivity index (χ3n) is 2.61. The molecule has 1 atom stereocenters. The zero-order chi connectivity index (χ0) is 16.6. The second-order valence-electron chi connectivity index (χ2n) is 5.80. The lowest BCUT2D eigenvalue weighted by Crippen LogP contribution is -2.44. The highest BCUT2D eigenvalue weighted by Gasteiger charge is 2.26. The van der Waals surface area contributed by atoms with Crippen LogP contribution < -0.4 is 5.32 Å². The van der Waals surface area contributed by atoms with Crippen molar-refractivity contribution in [3.63, 3.8) is 0 Å². The molecule has 1 amide bonds. The Bertz CT molecular complexity index is 481. The molecule has 6 heteroatoms. The van der Waals surface area contributed by atoms with E-state index in [1.165, 1.54) is 0 Å². The van der Waals surface area contributed by atoms with E-state index in [4.69, 9.17) is 14.6 Å². The minimum absolute atomic E-state index is 0.0648. The Morgan fingerprint density at radius 1 is 1.23 bits per heavy atom. The van der Waals surface area contributed by atoms with Crippen LogP contribution in [0.3, 0.4) is 0 Å². The van der Waals surface area contributed by atoms with Crippen LogP contribution in [-0.4, -0.2) is 35.4 Å². The van der Waals surface area contributed by atoms with Crippen LogP contribution in [0.15, 0.2) is 30.3 Å². The van der Waals surface area contributed by atoms with Gasteiger partial charge in [-0.2, -0.15) is 0 Å². The number of hydrogen-bond donors (Lipinski definition) is 2. The Labute approximate surface area is 130 Å². The molecule has 0 fully saturated rings. The molecule has 0 heterocycles. The number of amides is 1. The highest BCUT2D eigenvalue weighted by atomic mass is 16.6. The van der Waals surface area contributed by atoms with Gasteiger partial charge in [-0.15, -0.1) is 0 Å². The minimum Gasteiger partial charge on any atom is -0.458 e. The standard InChI is InChI=1S/C16H23NO5/c1-16(2,3)22-14(19)13(9-10-18)17-15(20)21-11-12-7-5-4-6-8-12/h4-8,13,18H,9-11H2,1-3H3,(H,17,20)/t13-/m0/s1. The summed E-state index contributed by atoms with van der Waals surface area (Å²) in [5.41, 5.74) is 0.175. The lowest BCUT2D eigenvalue weighted by atomic mass is 10.1. The molecule has 0 radical (unpaired) electrons. The van der Waals surface area contributed by atoms with Crippen molar-refractivity contribution in [3.05, 3.63) is 35.9 Å². The molecule has 1 aromatic rings. The molecule has 0 aliphatic heterocycles. The average Bonchev–Trinajstić information content (AvgIpc) is 2.44. The number of nitrogens with one attached hydrogen (secondary N) is 1. The molecule has 0 unspecified atom stereocenters. The molecule has 1 aromatic carbocycles. The fraction of sp³-hybridized carbons (Fsp3) is 0.500. The number of ether oxygens (including phenoxy) is 2. The number of alkyl carbamates (subject to hydrolysis) is 1. The van der Waals surface area contributed by atoms with Crippen LogP contribution >= 0.6 is 0 Å². The van der Waals surface area contributed by atoms with Crippen molar-refractivity contribution in [2.24, 2.45) is 0 Å². The summed E-state index contributed by atoms with van der Waals surface area (Å²) in [5, 5.41) is 11.4. The highest BCUT2D eigenvalue weighted by Crippen LogP contribution is 2.10. The minimum atomic E-state index is -0.938. The number of hydrogen-bond acceptors (Lipinski definition) is 5. The van der Waals surface area contributed by atoms with E-state index in [2.05, 4.69) is 5.32 Å². The molecule has 1 rings (SSSR count). The fourth-order valence-electron chi connectivity index (χ4n) is 1.66. The predicted molar refractivity (Wildman–Crippen MR) is 81.1 cm³/mol. The van der Waals surface area contributed by atoms with Crippen LogP contribution in [0.1, 0.15) is 32.8 Å². The lowest BCUT2D eigenvalue weighted by molar-refractivity contribution is -0.157. The van der Waals surface area contributed by atoms with Crippen molar-refractivity contribution in [1.82, 2.24) is 5.32 Å². The Balaban J connectivity index is 2.51. The summed E-state index contributed by atoms with van der Waals surface area (Å²) in [6, 6.07) is 8.26. The van der Waals surface area contributed by atoms with Crippen LogP contribution in [0.5, 0.6) is 0 Å². The molecule has 2 N–H and O–H groups in total. The van der Waals surface area contributed by atoms with Crippen LogP contribution in [-0.2, 0) is 20.9 Å². The Kier molecular flexibility index (Phi) is 6.85. The fourth-order valence-corrected chi connectivity index (χ4v) is 1.66. The first-order valence-corrected chi connectivity index (χ1v) is 7.13. The molecule has 0 bridgehead atoms. The van der Waals surface area contributed by atoms with E-state index < -0.39 is 23.7 Å². The maximum Gasteiger partial charge on any atom is 0.408 e. The van der Waals surface area contributed by atoms with Crippen molar-refractivity contribution in [3.8, 4) is 0 Å². The first kappa shape index (κ1) is 18.0. The van der Waals surface area contributed by atoms with E-state index in [-0.39, 0.29) is 19.6 Å². The number of benzene rings is 1. The van der Waals surface area contributed by atoms with E-state index in [9.17, 15) is 9.59 Å². The number of esters is 1. The number of carbonyl (C=O) groups excluding carboxylic acids is 2. The average molecular weight is 309 g/mol. The van der Waals surface area contributed by atoms with Gasteiger partial charge in [0.15, 0.2) is 0 Å². The lowest BCUT2D eigenvalue weighted by Gasteiger charge is -2.24. The molecule has 0 saturated heterocycles. The Morgan fingerprint density at radius 3 is 2.41 bits per heavy atom. The molecule has 0 aliphatic rings. The van der Waals surface area contributed by atoms with Crippen molar-refractivity contribution in [2.75, 3.05) is 6.61 Å². The monoisotopic (exact) mass is 309 g/mol. The van der Waals surface area contributed by atoms with Crippen molar-refractivity contribution in [2.45, 2.75) is 45.4 Å². The summed E-state index contributed by atoms with van der Waals surface area (Å²) in [5.74, 6) is -0.599. The highest BCUT2D eigenvalue weighted by molar-refractivity contribution is 5.81. The van der Waals surface area contributed by atoms with Gasteiger partial charge in [0.05, 0.1) is 0 Å². The second kappa shape index (κ2) is 8.38.